The average molecular weight is 328 g/mol. The van der Waals surface area contributed by atoms with Gasteiger partial charge in [0, 0.05) is 11.8 Å². The first-order valence-corrected chi connectivity index (χ1v) is 6.41. The molecule has 18 heavy (non-hydrogen) atoms. The second kappa shape index (κ2) is 7.58. The second-order valence-corrected chi connectivity index (χ2v) is 4.05. The van der Waals surface area contributed by atoms with Gasteiger partial charge in [-0.05, 0) is 12.1 Å². The van der Waals surface area contributed by atoms with Gasteiger partial charge in [-0.15, -0.1) is 0 Å². The first-order valence-electron chi connectivity index (χ1n) is 5.29. The topological polar surface area (TPSA) is 31.4 Å². The molecule has 0 saturated heterocycles. The molecule has 0 fully saturated rings. The maximum absolute atomic E-state index is 11.7. The summed E-state index contributed by atoms with van der Waals surface area (Å²) in [4.78, 5) is 4.09. The fourth-order valence-corrected chi connectivity index (χ4v) is 1.45. The Morgan fingerprint density at radius 2 is 2.00 bits per heavy atom. The molecule has 3 nitrogen and oxygen atoms in total. The van der Waals surface area contributed by atoms with Crippen LogP contribution in [0.3, 0.4) is 0 Å². The Kier molecular flexibility index (Phi) is 6.42. The Bertz CT molecular complexity index is 343. The third kappa shape index (κ3) is 6.80. The summed E-state index contributed by atoms with van der Waals surface area (Å²) in [5, 5.41) is 0.665. The van der Waals surface area contributed by atoms with Crippen molar-refractivity contribution >= 4 is 15.9 Å². The number of pyridine rings is 1. The minimum Gasteiger partial charge on any atom is -0.492 e. The Balaban J connectivity index is 2.10. The van der Waals surface area contributed by atoms with Crippen LogP contribution in [0.15, 0.2) is 18.3 Å². The lowest BCUT2D eigenvalue weighted by molar-refractivity contribution is -0.174. The predicted octanol–water partition coefficient (Wildman–Crippen LogP) is 3.32. The second-order valence-electron chi connectivity index (χ2n) is 3.49. The molecule has 0 amide bonds. The number of nitrogens with zero attached hydrogens (tertiary/aromatic N) is 1. The number of hydrogen-bond acceptors (Lipinski definition) is 3. The summed E-state index contributed by atoms with van der Waals surface area (Å²) in [6.45, 7) is -0.895. The fourth-order valence-electron chi connectivity index (χ4n) is 1.11. The fraction of sp³-hybridized carbons (Fsp3) is 0.545. The molecule has 0 spiro atoms. The number of hydrogen-bond donors (Lipinski definition) is 0. The van der Waals surface area contributed by atoms with E-state index in [-0.39, 0.29) is 6.61 Å². The van der Waals surface area contributed by atoms with Crippen molar-refractivity contribution in [1.29, 1.82) is 0 Å². The summed E-state index contributed by atoms with van der Waals surface area (Å²) in [5.74, 6) is 0.593. The first kappa shape index (κ1) is 15.2. The summed E-state index contributed by atoms with van der Waals surface area (Å²) in [6, 6.07) is 3.57. The van der Waals surface area contributed by atoms with Crippen molar-refractivity contribution in [2.45, 2.75) is 17.9 Å². The molecule has 1 aromatic heterocycles. The first-order chi connectivity index (χ1) is 8.51. The molecule has 1 aromatic rings. The summed E-state index contributed by atoms with van der Waals surface area (Å²) in [6.07, 6.45) is -2.29. The molecule has 0 N–H and O–H groups in total. The zero-order chi connectivity index (χ0) is 13.4. The Morgan fingerprint density at radius 1 is 1.22 bits per heavy atom. The molecule has 0 saturated carbocycles. The van der Waals surface area contributed by atoms with E-state index in [1.54, 1.807) is 12.3 Å². The van der Waals surface area contributed by atoms with Crippen molar-refractivity contribution in [2.24, 2.45) is 0 Å². The number of halogens is 4. The van der Waals surface area contributed by atoms with Gasteiger partial charge in [-0.2, -0.15) is 13.2 Å². The van der Waals surface area contributed by atoms with Crippen LogP contribution in [0.1, 0.15) is 12.1 Å². The van der Waals surface area contributed by atoms with Crippen LogP contribution in [0.2, 0.25) is 0 Å². The Hall–Kier alpha value is -0.820. The van der Waals surface area contributed by atoms with Crippen molar-refractivity contribution < 1.29 is 22.6 Å². The molecule has 0 atom stereocenters. The largest absolute Gasteiger partial charge is 0.492 e. The highest BCUT2D eigenvalue weighted by Gasteiger charge is 2.27. The average Bonchev–Trinajstić information content (AvgIpc) is 2.33. The van der Waals surface area contributed by atoms with Crippen LogP contribution in [0.25, 0.3) is 0 Å². The number of aromatic nitrogens is 1. The van der Waals surface area contributed by atoms with E-state index in [4.69, 9.17) is 4.74 Å². The smallest absolute Gasteiger partial charge is 0.411 e. The number of rotatable bonds is 7. The molecule has 1 rings (SSSR count). The number of ether oxygens (including phenoxy) is 2. The summed E-state index contributed by atoms with van der Waals surface area (Å²) in [7, 11) is 0. The highest BCUT2D eigenvalue weighted by atomic mass is 79.9. The van der Waals surface area contributed by atoms with E-state index in [0.29, 0.717) is 24.1 Å². The van der Waals surface area contributed by atoms with E-state index in [1.165, 1.54) is 0 Å². The van der Waals surface area contributed by atoms with Crippen molar-refractivity contribution in [2.75, 3.05) is 19.8 Å². The van der Waals surface area contributed by atoms with Gasteiger partial charge >= 0.3 is 6.18 Å². The van der Waals surface area contributed by atoms with Crippen LogP contribution in [0, 0.1) is 0 Å². The SMILES string of the molecule is FC(F)(F)COCCCOc1ccc(CBr)nc1. The molecule has 7 heteroatoms. The van der Waals surface area contributed by atoms with Gasteiger partial charge in [0.05, 0.1) is 25.1 Å². The van der Waals surface area contributed by atoms with Crippen LogP contribution in [-0.2, 0) is 10.1 Å². The molecular formula is C11H13BrF3NO2. The van der Waals surface area contributed by atoms with E-state index in [0.717, 1.165) is 5.69 Å². The van der Waals surface area contributed by atoms with E-state index < -0.39 is 12.8 Å². The van der Waals surface area contributed by atoms with Gasteiger partial charge in [-0.1, -0.05) is 15.9 Å². The third-order valence-corrected chi connectivity index (χ3v) is 2.48. The van der Waals surface area contributed by atoms with Gasteiger partial charge in [0.2, 0.25) is 0 Å². The van der Waals surface area contributed by atoms with E-state index in [1.807, 2.05) is 6.07 Å². The third-order valence-electron chi connectivity index (χ3n) is 1.90. The normalized spacial score (nSPS) is 11.6. The predicted molar refractivity (Wildman–Crippen MR) is 63.9 cm³/mol. The zero-order valence-corrected chi connectivity index (χ0v) is 11.1. The van der Waals surface area contributed by atoms with Crippen molar-refractivity contribution in [3.63, 3.8) is 0 Å². The molecule has 1 heterocycles. The van der Waals surface area contributed by atoms with E-state index in [9.17, 15) is 13.2 Å². The molecule has 0 aliphatic carbocycles. The molecule has 0 aliphatic heterocycles. The minimum atomic E-state index is -4.27. The highest BCUT2D eigenvalue weighted by molar-refractivity contribution is 9.08. The van der Waals surface area contributed by atoms with Gasteiger partial charge < -0.3 is 9.47 Å². The van der Waals surface area contributed by atoms with Gasteiger partial charge in [-0.3, -0.25) is 4.98 Å². The quantitative estimate of drug-likeness (QED) is 0.568. The molecule has 0 unspecified atom stereocenters. The van der Waals surface area contributed by atoms with E-state index >= 15 is 0 Å². The Morgan fingerprint density at radius 3 is 2.56 bits per heavy atom. The van der Waals surface area contributed by atoms with Gasteiger partial charge in [0.15, 0.2) is 0 Å². The monoisotopic (exact) mass is 327 g/mol. The van der Waals surface area contributed by atoms with Crippen molar-refractivity contribution in [3.8, 4) is 5.75 Å². The van der Waals surface area contributed by atoms with Crippen LogP contribution in [0.4, 0.5) is 13.2 Å². The maximum Gasteiger partial charge on any atom is 0.411 e. The molecular weight excluding hydrogens is 315 g/mol. The highest BCUT2D eigenvalue weighted by Crippen LogP contribution is 2.14. The Labute approximate surface area is 111 Å². The summed E-state index contributed by atoms with van der Waals surface area (Å²) >= 11 is 3.27. The lowest BCUT2D eigenvalue weighted by Gasteiger charge is -2.08. The van der Waals surface area contributed by atoms with Gasteiger partial charge in [0.1, 0.15) is 12.4 Å². The van der Waals surface area contributed by atoms with Crippen LogP contribution in [0.5, 0.6) is 5.75 Å². The lowest BCUT2D eigenvalue weighted by atomic mass is 10.4. The van der Waals surface area contributed by atoms with Gasteiger partial charge in [-0.25, -0.2) is 0 Å². The van der Waals surface area contributed by atoms with Crippen molar-refractivity contribution in [3.05, 3.63) is 24.0 Å². The zero-order valence-electron chi connectivity index (χ0n) is 9.54. The minimum absolute atomic E-state index is 0.0203. The van der Waals surface area contributed by atoms with Crippen LogP contribution in [-0.4, -0.2) is 31.0 Å². The maximum atomic E-state index is 11.7. The molecule has 0 bridgehead atoms. The summed E-state index contributed by atoms with van der Waals surface area (Å²) < 4.78 is 44.9. The molecule has 102 valence electrons. The molecule has 0 aromatic carbocycles. The molecule has 0 radical (unpaired) electrons. The van der Waals surface area contributed by atoms with Crippen LogP contribution < -0.4 is 4.74 Å². The lowest BCUT2D eigenvalue weighted by Crippen LogP contribution is -2.18. The molecule has 0 aliphatic rings. The van der Waals surface area contributed by atoms with E-state index in [2.05, 4.69) is 25.7 Å². The summed E-state index contributed by atoms with van der Waals surface area (Å²) in [5.41, 5.74) is 0.885. The number of alkyl halides is 4. The van der Waals surface area contributed by atoms with Crippen molar-refractivity contribution in [1.82, 2.24) is 4.98 Å². The van der Waals surface area contributed by atoms with Gasteiger partial charge in [0.25, 0.3) is 0 Å². The van der Waals surface area contributed by atoms with Crippen LogP contribution >= 0.6 is 15.9 Å². The standard InChI is InChI=1S/C11H13BrF3NO2/c12-6-9-2-3-10(7-16-9)18-5-1-4-17-8-11(13,14)15/h2-3,7H,1,4-6,8H2.